The number of anilines is 1. The first-order valence-corrected chi connectivity index (χ1v) is 8.39. The molecular weight excluding hydrogens is 362 g/mol. The van der Waals surface area contributed by atoms with E-state index in [4.69, 9.17) is 10.5 Å². The first-order chi connectivity index (χ1) is 13.3. The number of nitrogens with two attached hydrogens (primary N) is 1. The second-order valence-corrected chi connectivity index (χ2v) is 6.08. The van der Waals surface area contributed by atoms with Crippen molar-refractivity contribution in [2.75, 3.05) is 5.32 Å². The summed E-state index contributed by atoms with van der Waals surface area (Å²) in [6, 6.07) is 14.3. The van der Waals surface area contributed by atoms with E-state index in [0.29, 0.717) is 22.0 Å². The van der Waals surface area contributed by atoms with Crippen molar-refractivity contribution < 1.29 is 19.1 Å². The summed E-state index contributed by atoms with van der Waals surface area (Å²) in [6.07, 6.45) is -1.11. The van der Waals surface area contributed by atoms with Gasteiger partial charge in [0.15, 0.2) is 6.10 Å². The summed E-state index contributed by atoms with van der Waals surface area (Å²) in [5.74, 6) is -1.97. The molecule has 0 radical (unpaired) electrons. The van der Waals surface area contributed by atoms with Gasteiger partial charge in [0.25, 0.3) is 11.5 Å². The minimum absolute atomic E-state index is 0.0471. The number of ether oxygens (including phenoxy) is 1. The number of carbonyl (C=O) groups is 3. The highest BCUT2D eigenvalue weighted by Gasteiger charge is 2.20. The molecule has 1 atom stereocenters. The molecule has 2 amide bonds. The number of hydrogen-bond acceptors (Lipinski definition) is 5. The first-order valence-electron chi connectivity index (χ1n) is 8.39. The predicted octanol–water partition coefficient (Wildman–Crippen LogP) is 1.81. The molecular formula is C20H17N3O5. The Kier molecular flexibility index (Phi) is 5.21. The number of aromatic amines is 1. The Morgan fingerprint density at radius 1 is 1.07 bits per heavy atom. The van der Waals surface area contributed by atoms with Gasteiger partial charge >= 0.3 is 5.97 Å². The van der Waals surface area contributed by atoms with Crippen LogP contribution in [0.1, 0.15) is 27.8 Å². The third kappa shape index (κ3) is 4.07. The van der Waals surface area contributed by atoms with Crippen LogP contribution in [-0.4, -0.2) is 28.9 Å². The second kappa shape index (κ2) is 7.75. The Labute approximate surface area is 159 Å². The lowest BCUT2D eigenvalue weighted by atomic mass is 10.1. The summed E-state index contributed by atoms with van der Waals surface area (Å²) in [4.78, 5) is 50.1. The highest BCUT2D eigenvalue weighted by atomic mass is 16.5. The normalized spacial score (nSPS) is 11.6. The summed E-state index contributed by atoms with van der Waals surface area (Å²) in [5.41, 5.74) is 5.41. The molecule has 28 heavy (non-hydrogen) atoms. The number of nitrogens with one attached hydrogen (secondary N) is 2. The van der Waals surface area contributed by atoms with Gasteiger partial charge in [-0.05, 0) is 48.7 Å². The van der Waals surface area contributed by atoms with Gasteiger partial charge in [0, 0.05) is 16.6 Å². The van der Waals surface area contributed by atoms with E-state index >= 15 is 0 Å². The molecule has 0 aliphatic heterocycles. The Bertz CT molecular complexity index is 1120. The lowest BCUT2D eigenvalue weighted by Gasteiger charge is -2.14. The second-order valence-electron chi connectivity index (χ2n) is 6.08. The zero-order valence-corrected chi connectivity index (χ0v) is 14.9. The number of aromatic nitrogens is 1. The van der Waals surface area contributed by atoms with Crippen molar-refractivity contribution in [1.29, 1.82) is 0 Å². The lowest BCUT2D eigenvalue weighted by molar-refractivity contribution is -0.123. The van der Waals surface area contributed by atoms with Gasteiger partial charge in [-0.1, -0.05) is 18.2 Å². The topological polar surface area (TPSA) is 131 Å². The average molecular weight is 379 g/mol. The van der Waals surface area contributed by atoms with Crippen LogP contribution >= 0.6 is 0 Å². The van der Waals surface area contributed by atoms with E-state index < -0.39 is 29.4 Å². The van der Waals surface area contributed by atoms with Crippen LogP contribution in [0.15, 0.2) is 59.4 Å². The maximum absolute atomic E-state index is 12.3. The van der Waals surface area contributed by atoms with E-state index in [1.165, 1.54) is 37.3 Å². The van der Waals surface area contributed by atoms with E-state index in [0.717, 1.165) is 0 Å². The van der Waals surface area contributed by atoms with Crippen LogP contribution < -0.4 is 16.6 Å². The number of rotatable bonds is 5. The Balaban J connectivity index is 1.69. The fourth-order valence-corrected chi connectivity index (χ4v) is 2.56. The number of amides is 2. The fourth-order valence-electron chi connectivity index (χ4n) is 2.56. The maximum atomic E-state index is 12.3. The average Bonchev–Trinajstić information content (AvgIpc) is 2.68. The molecule has 0 saturated heterocycles. The minimum Gasteiger partial charge on any atom is -0.448 e. The van der Waals surface area contributed by atoms with E-state index in [9.17, 15) is 19.2 Å². The SMILES string of the molecule is C[C@H](OC(=O)c1cc2ccccc2c(=O)[nH]1)C(=O)Nc1ccc(C(N)=O)cc1. The van der Waals surface area contributed by atoms with Gasteiger partial charge in [-0.25, -0.2) is 4.79 Å². The molecule has 3 aromatic rings. The number of hydrogen-bond donors (Lipinski definition) is 3. The summed E-state index contributed by atoms with van der Waals surface area (Å²) >= 11 is 0. The summed E-state index contributed by atoms with van der Waals surface area (Å²) < 4.78 is 5.14. The largest absolute Gasteiger partial charge is 0.448 e. The highest BCUT2D eigenvalue weighted by molar-refractivity contribution is 5.98. The molecule has 8 heteroatoms. The van der Waals surface area contributed by atoms with Gasteiger partial charge in [-0.15, -0.1) is 0 Å². The molecule has 2 aromatic carbocycles. The molecule has 4 N–H and O–H groups in total. The molecule has 0 bridgehead atoms. The number of benzene rings is 2. The maximum Gasteiger partial charge on any atom is 0.355 e. The van der Waals surface area contributed by atoms with Crippen molar-refractivity contribution in [3.63, 3.8) is 0 Å². The number of pyridine rings is 1. The van der Waals surface area contributed by atoms with Gasteiger partial charge in [0.05, 0.1) is 0 Å². The van der Waals surface area contributed by atoms with E-state index in [1.54, 1.807) is 24.3 Å². The fraction of sp³-hybridized carbons (Fsp3) is 0.100. The van der Waals surface area contributed by atoms with Crippen molar-refractivity contribution in [2.24, 2.45) is 5.73 Å². The van der Waals surface area contributed by atoms with E-state index in [2.05, 4.69) is 10.3 Å². The molecule has 0 spiro atoms. The number of primary amides is 1. The molecule has 0 saturated carbocycles. The van der Waals surface area contributed by atoms with Crippen LogP contribution in [0.25, 0.3) is 10.8 Å². The Hall–Kier alpha value is -3.94. The zero-order chi connectivity index (χ0) is 20.3. The van der Waals surface area contributed by atoms with E-state index in [1.807, 2.05) is 0 Å². The molecule has 8 nitrogen and oxygen atoms in total. The number of H-pyrrole nitrogens is 1. The molecule has 142 valence electrons. The van der Waals surface area contributed by atoms with Crippen LogP contribution in [0, 0.1) is 0 Å². The molecule has 0 unspecified atom stereocenters. The van der Waals surface area contributed by atoms with Gasteiger partial charge in [-0.2, -0.15) is 0 Å². The first kappa shape index (κ1) is 18.8. The van der Waals surface area contributed by atoms with Crippen molar-refractivity contribution >= 4 is 34.2 Å². The lowest BCUT2D eigenvalue weighted by Crippen LogP contribution is -2.30. The molecule has 0 fully saturated rings. The number of fused-ring (bicyclic) bond motifs is 1. The van der Waals surface area contributed by atoms with Crippen LogP contribution in [-0.2, 0) is 9.53 Å². The number of carbonyl (C=O) groups excluding carboxylic acids is 3. The van der Waals surface area contributed by atoms with Crippen LogP contribution in [0.4, 0.5) is 5.69 Å². The summed E-state index contributed by atoms with van der Waals surface area (Å²) in [5, 5.41) is 3.60. The van der Waals surface area contributed by atoms with E-state index in [-0.39, 0.29) is 5.69 Å². The predicted molar refractivity (Wildman–Crippen MR) is 103 cm³/mol. The van der Waals surface area contributed by atoms with Gasteiger partial charge in [-0.3, -0.25) is 14.4 Å². The van der Waals surface area contributed by atoms with Crippen LogP contribution in [0.2, 0.25) is 0 Å². The summed E-state index contributed by atoms with van der Waals surface area (Å²) in [6.45, 7) is 1.41. The number of esters is 1. The molecule has 1 aromatic heterocycles. The standard InChI is InChI=1S/C20H17N3O5/c1-11(18(25)22-14-8-6-12(7-9-14)17(21)24)28-20(27)16-10-13-4-2-3-5-15(13)19(26)23-16/h2-11H,1H3,(H2,21,24)(H,22,25)(H,23,26)/t11-/m0/s1. The zero-order valence-electron chi connectivity index (χ0n) is 14.9. The van der Waals surface area contributed by atoms with Gasteiger partial charge in [0.1, 0.15) is 5.69 Å². The quantitative estimate of drug-likeness (QED) is 0.582. The smallest absolute Gasteiger partial charge is 0.355 e. The van der Waals surface area contributed by atoms with Gasteiger partial charge < -0.3 is 20.8 Å². The molecule has 3 rings (SSSR count). The highest BCUT2D eigenvalue weighted by Crippen LogP contribution is 2.13. The Morgan fingerprint density at radius 2 is 1.75 bits per heavy atom. The third-order valence-corrected chi connectivity index (χ3v) is 4.06. The monoisotopic (exact) mass is 379 g/mol. The van der Waals surface area contributed by atoms with Crippen LogP contribution in [0.5, 0.6) is 0 Å². The van der Waals surface area contributed by atoms with Gasteiger partial charge in [0.2, 0.25) is 5.91 Å². The van der Waals surface area contributed by atoms with Crippen LogP contribution in [0.3, 0.4) is 0 Å². The summed E-state index contributed by atoms with van der Waals surface area (Å²) in [7, 11) is 0. The van der Waals surface area contributed by atoms with Crippen molar-refractivity contribution in [2.45, 2.75) is 13.0 Å². The van der Waals surface area contributed by atoms with Crippen molar-refractivity contribution in [1.82, 2.24) is 4.98 Å². The van der Waals surface area contributed by atoms with Crippen molar-refractivity contribution in [3.05, 3.63) is 76.2 Å². The third-order valence-electron chi connectivity index (χ3n) is 4.06. The van der Waals surface area contributed by atoms with Crippen molar-refractivity contribution in [3.8, 4) is 0 Å². The molecule has 0 aliphatic rings. The Morgan fingerprint density at radius 3 is 2.43 bits per heavy atom. The molecule has 1 heterocycles. The minimum atomic E-state index is -1.11. The molecule has 0 aliphatic carbocycles.